The van der Waals surface area contributed by atoms with E-state index in [4.69, 9.17) is 11.6 Å². The van der Waals surface area contributed by atoms with Crippen LogP contribution < -0.4 is 0 Å². The highest BCUT2D eigenvalue weighted by Crippen LogP contribution is 2.29. The molecule has 96 valence electrons. The summed E-state index contributed by atoms with van der Waals surface area (Å²) in [5.41, 5.74) is 0. The van der Waals surface area contributed by atoms with Crippen molar-refractivity contribution in [3.63, 3.8) is 0 Å². The summed E-state index contributed by atoms with van der Waals surface area (Å²) >= 11 is 5.89. The molecule has 1 saturated heterocycles. The number of hydrogen-bond donors (Lipinski definition) is 0. The molecule has 16 heavy (non-hydrogen) atoms. The van der Waals surface area contributed by atoms with Crippen LogP contribution in [0.15, 0.2) is 0 Å². The highest BCUT2D eigenvalue weighted by atomic mass is 35.5. The minimum absolute atomic E-state index is 0.795. The van der Waals surface area contributed by atoms with Gasteiger partial charge in [0.15, 0.2) is 0 Å². The number of alkyl halides is 1. The van der Waals surface area contributed by atoms with E-state index in [-0.39, 0.29) is 0 Å². The maximum Gasteiger partial charge on any atom is 0.0351 e. The van der Waals surface area contributed by atoms with Gasteiger partial charge < -0.3 is 0 Å². The number of unbranched alkanes of at least 4 members (excludes halogenated alkanes) is 2. The second kappa shape index (κ2) is 8.36. The van der Waals surface area contributed by atoms with Crippen molar-refractivity contribution in [3.05, 3.63) is 0 Å². The van der Waals surface area contributed by atoms with Crippen LogP contribution >= 0.6 is 11.6 Å². The maximum absolute atomic E-state index is 5.89. The second-order valence-corrected chi connectivity index (χ2v) is 5.60. The van der Waals surface area contributed by atoms with Crippen molar-refractivity contribution in [3.8, 4) is 0 Å². The largest absolute Gasteiger partial charge is 0.299 e. The molecule has 1 aliphatic heterocycles. The first-order valence-corrected chi connectivity index (χ1v) is 7.65. The number of halogens is 1. The van der Waals surface area contributed by atoms with Crippen LogP contribution in [-0.2, 0) is 0 Å². The molecular weight excluding hydrogens is 218 g/mol. The van der Waals surface area contributed by atoms with Crippen molar-refractivity contribution >= 4 is 11.6 Å². The fourth-order valence-electron chi connectivity index (χ4n) is 2.91. The summed E-state index contributed by atoms with van der Waals surface area (Å²) in [6.45, 7) is 6.98. The Balaban J connectivity index is 2.34. The van der Waals surface area contributed by atoms with Gasteiger partial charge in [0.05, 0.1) is 0 Å². The molecule has 0 N–H and O–H groups in total. The summed E-state index contributed by atoms with van der Waals surface area (Å²) in [4.78, 5) is 2.64. The molecule has 1 fully saturated rings. The zero-order valence-electron chi connectivity index (χ0n) is 11.1. The van der Waals surface area contributed by atoms with Crippen molar-refractivity contribution in [1.29, 1.82) is 0 Å². The number of nitrogens with zero attached hydrogens (tertiary/aromatic N) is 1. The summed E-state index contributed by atoms with van der Waals surface area (Å²) in [7, 11) is 0. The van der Waals surface area contributed by atoms with Crippen LogP contribution in [0.2, 0.25) is 0 Å². The van der Waals surface area contributed by atoms with Gasteiger partial charge >= 0.3 is 0 Å². The van der Waals surface area contributed by atoms with E-state index in [0.29, 0.717) is 0 Å². The zero-order chi connectivity index (χ0) is 11.8. The number of likely N-dealkylation sites (tertiary alicyclic amines) is 1. The van der Waals surface area contributed by atoms with Gasteiger partial charge in [-0.3, -0.25) is 4.90 Å². The lowest BCUT2D eigenvalue weighted by molar-refractivity contribution is 0.250. The fraction of sp³-hybridized carbons (Fsp3) is 1.00. The monoisotopic (exact) mass is 245 g/mol. The molecule has 1 aliphatic rings. The molecule has 1 rings (SSSR count). The average Bonchev–Trinajstić information content (AvgIpc) is 2.67. The minimum atomic E-state index is 0.795. The lowest BCUT2D eigenvalue weighted by Gasteiger charge is -2.23. The van der Waals surface area contributed by atoms with Crippen molar-refractivity contribution < 1.29 is 0 Å². The van der Waals surface area contributed by atoms with Gasteiger partial charge in [0, 0.05) is 25.0 Å². The normalized spacial score (nSPS) is 26.4. The SMILES string of the molecule is CCCCC1CC(CCCC)N(CCCl)C1. The molecule has 1 heterocycles. The highest BCUT2D eigenvalue weighted by Gasteiger charge is 2.30. The van der Waals surface area contributed by atoms with Crippen LogP contribution in [0.5, 0.6) is 0 Å². The average molecular weight is 246 g/mol. The molecule has 2 atom stereocenters. The summed E-state index contributed by atoms with van der Waals surface area (Å²) < 4.78 is 0. The van der Waals surface area contributed by atoms with Crippen molar-refractivity contribution in [2.75, 3.05) is 19.0 Å². The molecule has 0 radical (unpaired) electrons. The Morgan fingerprint density at radius 3 is 2.44 bits per heavy atom. The molecule has 0 aliphatic carbocycles. The van der Waals surface area contributed by atoms with E-state index >= 15 is 0 Å². The summed E-state index contributed by atoms with van der Waals surface area (Å²) in [6, 6.07) is 0.834. The predicted octanol–water partition coefficient (Wildman–Crippen LogP) is 4.30. The van der Waals surface area contributed by atoms with Crippen molar-refractivity contribution in [2.45, 2.75) is 64.8 Å². The molecule has 1 nitrogen and oxygen atoms in total. The summed E-state index contributed by atoms with van der Waals surface area (Å²) in [5.74, 6) is 1.74. The molecule has 0 amide bonds. The third kappa shape index (κ3) is 4.63. The first-order valence-electron chi connectivity index (χ1n) is 7.11. The van der Waals surface area contributed by atoms with Crippen LogP contribution in [-0.4, -0.2) is 29.9 Å². The molecule has 0 bridgehead atoms. The van der Waals surface area contributed by atoms with Gasteiger partial charge in [-0.1, -0.05) is 39.5 Å². The molecule has 0 spiro atoms. The van der Waals surface area contributed by atoms with E-state index in [1.807, 2.05) is 0 Å². The Morgan fingerprint density at radius 1 is 1.12 bits per heavy atom. The quantitative estimate of drug-likeness (QED) is 0.577. The van der Waals surface area contributed by atoms with Gasteiger partial charge in [0.1, 0.15) is 0 Å². The van der Waals surface area contributed by atoms with Gasteiger partial charge in [-0.15, -0.1) is 11.6 Å². The Labute approximate surface area is 107 Å². The minimum Gasteiger partial charge on any atom is -0.299 e. The molecule has 0 aromatic carbocycles. The Morgan fingerprint density at radius 2 is 1.81 bits per heavy atom. The van der Waals surface area contributed by atoms with Gasteiger partial charge in [-0.05, 0) is 25.2 Å². The molecular formula is C14H28ClN. The zero-order valence-corrected chi connectivity index (χ0v) is 11.8. The van der Waals surface area contributed by atoms with Crippen LogP contribution in [0.3, 0.4) is 0 Å². The molecule has 0 aromatic heterocycles. The van der Waals surface area contributed by atoms with Crippen LogP contribution in [0, 0.1) is 5.92 Å². The van der Waals surface area contributed by atoms with Crippen LogP contribution in [0.1, 0.15) is 58.8 Å². The maximum atomic E-state index is 5.89. The molecule has 2 unspecified atom stereocenters. The van der Waals surface area contributed by atoms with E-state index in [2.05, 4.69) is 18.7 Å². The van der Waals surface area contributed by atoms with Crippen LogP contribution in [0.4, 0.5) is 0 Å². The van der Waals surface area contributed by atoms with Gasteiger partial charge in [-0.25, -0.2) is 0 Å². The second-order valence-electron chi connectivity index (χ2n) is 5.22. The third-order valence-corrected chi connectivity index (χ3v) is 4.01. The van der Waals surface area contributed by atoms with Crippen molar-refractivity contribution in [1.82, 2.24) is 4.90 Å². The van der Waals surface area contributed by atoms with E-state index in [9.17, 15) is 0 Å². The Bertz CT molecular complexity index is 172. The molecule has 2 heteroatoms. The fourth-order valence-corrected chi connectivity index (χ4v) is 3.13. The first-order chi connectivity index (χ1) is 7.81. The highest BCUT2D eigenvalue weighted by molar-refractivity contribution is 6.18. The molecule has 0 aromatic rings. The van der Waals surface area contributed by atoms with E-state index < -0.39 is 0 Å². The Kier molecular flexibility index (Phi) is 7.47. The predicted molar refractivity (Wildman–Crippen MR) is 73.2 cm³/mol. The van der Waals surface area contributed by atoms with E-state index in [0.717, 1.165) is 24.4 Å². The van der Waals surface area contributed by atoms with Gasteiger partial charge in [-0.2, -0.15) is 0 Å². The number of rotatable bonds is 8. The van der Waals surface area contributed by atoms with Crippen molar-refractivity contribution in [2.24, 2.45) is 5.92 Å². The first kappa shape index (κ1) is 14.3. The smallest absolute Gasteiger partial charge is 0.0351 e. The Hall–Kier alpha value is 0.250. The third-order valence-electron chi connectivity index (χ3n) is 3.84. The van der Waals surface area contributed by atoms with E-state index in [1.165, 1.54) is 51.5 Å². The summed E-state index contributed by atoms with van der Waals surface area (Å²) in [6.07, 6.45) is 9.69. The van der Waals surface area contributed by atoms with Gasteiger partial charge in [0.25, 0.3) is 0 Å². The summed E-state index contributed by atoms with van der Waals surface area (Å²) in [5, 5.41) is 0. The standard InChI is InChI=1S/C14H28ClN/c1-3-5-7-13-11-14(8-6-4-2)16(12-13)10-9-15/h13-14H,3-12H2,1-2H3. The van der Waals surface area contributed by atoms with Gasteiger partial charge in [0.2, 0.25) is 0 Å². The number of hydrogen-bond acceptors (Lipinski definition) is 1. The van der Waals surface area contributed by atoms with E-state index in [1.54, 1.807) is 0 Å². The molecule has 0 saturated carbocycles. The lowest BCUT2D eigenvalue weighted by Crippen LogP contribution is -2.31. The van der Waals surface area contributed by atoms with Crippen LogP contribution in [0.25, 0.3) is 0 Å². The lowest BCUT2D eigenvalue weighted by atomic mass is 9.97. The topological polar surface area (TPSA) is 3.24 Å².